The zero-order valence-electron chi connectivity index (χ0n) is 11.7. The normalized spacial score (nSPS) is 10.9. The van der Waals surface area contributed by atoms with Gasteiger partial charge in [-0.25, -0.2) is 9.67 Å². The summed E-state index contributed by atoms with van der Waals surface area (Å²) in [5.41, 5.74) is 1.98. The Hall–Kier alpha value is -2.61. The molecule has 102 valence electrons. The quantitative estimate of drug-likeness (QED) is 0.799. The van der Waals surface area contributed by atoms with Crippen LogP contribution in [0.3, 0.4) is 0 Å². The molecule has 0 atom stereocenters. The first-order valence-electron chi connectivity index (χ1n) is 6.34. The minimum absolute atomic E-state index is 0.119. The van der Waals surface area contributed by atoms with Gasteiger partial charge in [-0.3, -0.25) is 0 Å². The Morgan fingerprint density at radius 3 is 2.85 bits per heavy atom. The van der Waals surface area contributed by atoms with Crippen molar-refractivity contribution < 1.29 is 4.74 Å². The molecule has 0 saturated heterocycles. The van der Waals surface area contributed by atoms with Crippen molar-refractivity contribution >= 4 is 6.20 Å². The average Bonchev–Trinajstić information content (AvgIpc) is 2.83. The predicted molar refractivity (Wildman–Crippen MR) is 76.9 cm³/mol. The highest BCUT2D eigenvalue weighted by molar-refractivity contribution is 5.59. The topological polar surface area (TPSA) is 63.7 Å². The van der Waals surface area contributed by atoms with Crippen LogP contribution in [0.25, 0.3) is 17.6 Å². The maximum absolute atomic E-state index is 8.49. The summed E-state index contributed by atoms with van der Waals surface area (Å²) in [6, 6.07) is 7.82. The summed E-state index contributed by atoms with van der Waals surface area (Å²) in [6.45, 7) is 5.98. The van der Waals surface area contributed by atoms with E-state index in [1.807, 2.05) is 45.0 Å². The molecule has 5 nitrogen and oxygen atoms in total. The predicted octanol–water partition coefficient (Wildman–Crippen LogP) is 3.04. The molecule has 1 aromatic heterocycles. The molecule has 1 heterocycles. The number of aryl methyl sites for hydroxylation is 1. The fourth-order valence-corrected chi connectivity index (χ4v) is 1.81. The highest BCUT2D eigenvalue weighted by atomic mass is 16.5. The van der Waals surface area contributed by atoms with E-state index in [0.29, 0.717) is 5.82 Å². The third-order valence-corrected chi connectivity index (χ3v) is 2.49. The van der Waals surface area contributed by atoms with E-state index >= 15 is 0 Å². The van der Waals surface area contributed by atoms with Crippen LogP contribution in [0.15, 0.2) is 30.6 Å². The molecule has 1 aromatic carbocycles. The van der Waals surface area contributed by atoms with Crippen LogP contribution in [-0.2, 0) is 0 Å². The molecule has 2 aromatic rings. The van der Waals surface area contributed by atoms with Gasteiger partial charge in [0.1, 0.15) is 12.1 Å². The summed E-state index contributed by atoms with van der Waals surface area (Å²) < 4.78 is 7.21. The average molecular weight is 268 g/mol. The largest absolute Gasteiger partial charge is 0.491 e. The number of rotatable bonds is 4. The second-order valence-electron chi connectivity index (χ2n) is 4.69. The third kappa shape index (κ3) is 3.45. The van der Waals surface area contributed by atoms with Gasteiger partial charge >= 0.3 is 0 Å². The van der Waals surface area contributed by atoms with Crippen LogP contribution < -0.4 is 4.74 Å². The van der Waals surface area contributed by atoms with Crippen molar-refractivity contribution in [3.8, 4) is 23.2 Å². The molecule has 0 aliphatic heterocycles. The first kappa shape index (κ1) is 13.8. The van der Waals surface area contributed by atoms with Gasteiger partial charge in [0.2, 0.25) is 0 Å². The van der Waals surface area contributed by atoms with E-state index < -0.39 is 0 Å². The summed E-state index contributed by atoms with van der Waals surface area (Å²) in [4.78, 5) is 4.24. The van der Waals surface area contributed by atoms with Crippen LogP contribution in [0, 0.1) is 18.3 Å². The Morgan fingerprint density at radius 1 is 1.35 bits per heavy atom. The van der Waals surface area contributed by atoms with Crippen LogP contribution in [0.4, 0.5) is 0 Å². The summed E-state index contributed by atoms with van der Waals surface area (Å²) in [7, 11) is 0. The molecule has 20 heavy (non-hydrogen) atoms. The van der Waals surface area contributed by atoms with Crippen LogP contribution in [0.5, 0.6) is 5.75 Å². The summed E-state index contributed by atoms with van der Waals surface area (Å²) >= 11 is 0. The Bertz CT molecular complexity index is 665. The number of aromatic nitrogens is 3. The van der Waals surface area contributed by atoms with Gasteiger partial charge in [0.05, 0.1) is 12.2 Å². The summed E-state index contributed by atoms with van der Waals surface area (Å²) in [5.74, 6) is 1.41. The molecule has 2 rings (SSSR count). The summed E-state index contributed by atoms with van der Waals surface area (Å²) in [6.07, 6.45) is 4.59. The number of benzene rings is 1. The number of nitriles is 1. The van der Waals surface area contributed by atoms with Crippen LogP contribution in [0.1, 0.15) is 19.4 Å². The van der Waals surface area contributed by atoms with Crippen LogP contribution in [0.2, 0.25) is 0 Å². The maximum atomic E-state index is 8.49. The van der Waals surface area contributed by atoms with E-state index in [1.54, 1.807) is 12.5 Å². The van der Waals surface area contributed by atoms with Crippen LogP contribution in [-0.4, -0.2) is 20.9 Å². The van der Waals surface area contributed by atoms with Crippen molar-refractivity contribution in [3.05, 3.63) is 36.2 Å². The molecule has 0 unspecified atom stereocenters. The van der Waals surface area contributed by atoms with Gasteiger partial charge in [0.15, 0.2) is 5.82 Å². The monoisotopic (exact) mass is 268 g/mol. The van der Waals surface area contributed by atoms with E-state index in [9.17, 15) is 0 Å². The molecule has 0 fully saturated rings. The molecule has 0 aliphatic rings. The molecular weight excluding hydrogens is 252 g/mol. The molecule has 0 radical (unpaired) electrons. The molecule has 5 heteroatoms. The maximum Gasteiger partial charge on any atom is 0.181 e. The van der Waals surface area contributed by atoms with Crippen molar-refractivity contribution in [1.82, 2.24) is 14.8 Å². The van der Waals surface area contributed by atoms with Gasteiger partial charge in [-0.05, 0) is 44.5 Å². The van der Waals surface area contributed by atoms with Crippen molar-refractivity contribution in [3.63, 3.8) is 0 Å². The molecule has 0 aliphatic carbocycles. The van der Waals surface area contributed by atoms with Crippen molar-refractivity contribution in [1.29, 1.82) is 5.26 Å². The lowest BCUT2D eigenvalue weighted by Gasteiger charge is -2.11. The van der Waals surface area contributed by atoms with Crippen LogP contribution >= 0.6 is 0 Å². The van der Waals surface area contributed by atoms with Gasteiger partial charge in [0, 0.05) is 17.8 Å². The Kier molecular flexibility index (Phi) is 4.16. The minimum atomic E-state index is 0.119. The highest BCUT2D eigenvalue weighted by Gasteiger charge is 2.07. The lowest BCUT2D eigenvalue weighted by molar-refractivity contribution is 0.242. The molecule has 0 N–H and O–H groups in total. The lowest BCUT2D eigenvalue weighted by atomic mass is 10.1. The first-order chi connectivity index (χ1) is 9.58. The van der Waals surface area contributed by atoms with Gasteiger partial charge in [0.25, 0.3) is 0 Å². The Balaban J connectivity index is 2.32. The standard InChI is InChI=1S/C15H16N4O/c1-11(2)20-14-8-12(3)7-13(9-14)15-17-10-19(18-15)6-4-5-16/h4,6-11H,1-3H3/b6-4-. The fourth-order valence-electron chi connectivity index (χ4n) is 1.81. The van der Waals surface area contributed by atoms with Crippen molar-refractivity contribution in [2.75, 3.05) is 0 Å². The lowest BCUT2D eigenvalue weighted by Crippen LogP contribution is -2.05. The van der Waals surface area contributed by atoms with Gasteiger partial charge in [-0.1, -0.05) is 0 Å². The second kappa shape index (κ2) is 6.02. The van der Waals surface area contributed by atoms with E-state index in [0.717, 1.165) is 16.9 Å². The number of nitrogens with zero attached hydrogens (tertiary/aromatic N) is 4. The van der Waals surface area contributed by atoms with Crippen molar-refractivity contribution in [2.45, 2.75) is 26.9 Å². The first-order valence-corrected chi connectivity index (χ1v) is 6.34. The van der Waals surface area contributed by atoms with E-state index in [4.69, 9.17) is 10.00 Å². The van der Waals surface area contributed by atoms with E-state index in [1.165, 1.54) is 10.8 Å². The minimum Gasteiger partial charge on any atom is -0.491 e. The molecule has 0 amide bonds. The van der Waals surface area contributed by atoms with Gasteiger partial charge in [-0.15, -0.1) is 5.10 Å². The molecule has 0 saturated carbocycles. The summed E-state index contributed by atoms with van der Waals surface area (Å²) in [5, 5.41) is 12.8. The number of ether oxygens (including phenoxy) is 1. The highest BCUT2D eigenvalue weighted by Crippen LogP contribution is 2.24. The molecule has 0 bridgehead atoms. The number of hydrogen-bond donors (Lipinski definition) is 0. The fraction of sp³-hybridized carbons (Fsp3) is 0.267. The second-order valence-corrected chi connectivity index (χ2v) is 4.69. The number of hydrogen-bond acceptors (Lipinski definition) is 4. The smallest absolute Gasteiger partial charge is 0.181 e. The van der Waals surface area contributed by atoms with E-state index in [2.05, 4.69) is 10.1 Å². The zero-order chi connectivity index (χ0) is 14.5. The van der Waals surface area contributed by atoms with Crippen molar-refractivity contribution in [2.24, 2.45) is 0 Å². The number of allylic oxidation sites excluding steroid dienone is 1. The van der Waals surface area contributed by atoms with Gasteiger partial charge < -0.3 is 4.74 Å². The zero-order valence-corrected chi connectivity index (χ0v) is 11.7. The molecule has 0 spiro atoms. The third-order valence-electron chi connectivity index (χ3n) is 2.49. The van der Waals surface area contributed by atoms with Gasteiger partial charge in [-0.2, -0.15) is 5.26 Å². The van der Waals surface area contributed by atoms with E-state index in [-0.39, 0.29) is 6.10 Å². The molecular formula is C15H16N4O. The Morgan fingerprint density at radius 2 is 2.15 bits per heavy atom. The Labute approximate surface area is 118 Å². The SMILES string of the molecule is Cc1cc(OC(C)C)cc(-c2ncn(/C=C\C#N)n2)c1.